The molecule has 0 spiro atoms. The first-order valence-electron chi connectivity index (χ1n) is 9.00. The van der Waals surface area contributed by atoms with Crippen LogP contribution in [0, 0.1) is 6.92 Å². The van der Waals surface area contributed by atoms with Crippen LogP contribution in [-0.4, -0.2) is 70.4 Å². The fourth-order valence-electron chi connectivity index (χ4n) is 3.54. The summed E-state index contributed by atoms with van der Waals surface area (Å²) in [7, 11) is -7.03. The molecule has 3 rings (SSSR count). The molecule has 0 bridgehead atoms. The Morgan fingerprint density at radius 2 is 1.70 bits per heavy atom. The first-order chi connectivity index (χ1) is 12.6. The number of sulfonamides is 2. The largest absolute Gasteiger partial charge is 0.340 e. The number of nitrogens with zero attached hydrogens (tertiary/aromatic N) is 3. The molecular weight excluding hydrogens is 390 g/mol. The van der Waals surface area contributed by atoms with Crippen molar-refractivity contribution >= 4 is 31.6 Å². The Balaban J connectivity index is 1.84. The summed E-state index contributed by atoms with van der Waals surface area (Å²) in [6.07, 6.45) is 1.44. The predicted molar refractivity (Wildman–Crippen MR) is 103 cm³/mol. The van der Waals surface area contributed by atoms with Crippen LogP contribution < -0.4 is 4.31 Å². The predicted octanol–water partition coefficient (Wildman–Crippen LogP) is 0.778. The number of carbonyl (C=O) groups is 1. The van der Waals surface area contributed by atoms with E-state index in [-0.39, 0.29) is 29.6 Å². The highest BCUT2D eigenvalue weighted by Gasteiger charge is 2.31. The third-order valence-corrected chi connectivity index (χ3v) is 9.03. The van der Waals surface area contributed by atoms with Crippen molar-refractivity contribution in [3.63, 3.8) is 0 Å². The first kappa shape index (κ1) is 20.1. The van der Waals surface area contributed by atoms with Gasteiger partial charge in [-0.05, 0) is 43.5 Å². The Morgan fingerprint density at radius 3 is 2.26 bits per heavy atom. The van der Waals surface area contributed by atoms with Crippen molar-refractivity contribution in [2.75, 3.05) is 42.8 Å². The molecule has 0 saturated carbocycles. The number of carbonyl (C=O) groups excluding carboxylic acids is 1. The van der Waals surface area contributed by atoms with Gasteiger partial charge in [-0.2, -0.15) is 4.31 Å². The molecule has 2 aliphatic heterocycles. The molecular formula is C17H25N3O5S2. The van der Waals surface area contributed by atoms with Crippen LogP contribution in [0.1, 0.15) is 25.3 Å². The van der Waals surface area contributed by atoms with Gasteiger partial charge in [0.2, 0.25) is 26.0 Å². The summed E-state index contributed by atoms with van der Waals surface area (Å²) in [5, 5.41) is 0. The van der Waals surface area contributed by atoms with E-state index in [2.05, 4.69) is 0 Å². The van der Waals surface area contributed by atoms with Crippen LogP contribution in [0.25, 0.3) is 0 Å². The smallest absolute Gasteiger partial charge is 0.243 e. The fourth-order valence-corrected chi connectivity index (χ4v) is 6.80. The van der Waals surface area contributed by atoms with Gasteiger partial charge in [0.15, 0.2) is 0 Å². The number of piperazine rings is 1. The van der Waals surface area contributed by atoms with E-state index in [1.165, 1.54) is 21.6 Å². The number of aryl methyl sites for hydroxylation is 1. The van der Waals surface area contributed by atoms with Gasteiger partial charge < -0.3 is 4.90 Å². The van der Waals surface area contributed by atoms with Crippen LogP contribution >= 0.6 is 0 Å². The highest BCUT2D eigenvalue weighted by atomic mass is 32.2. The molecule has 0 unspecified atom stereocenters. The second-order valence-electron chi connectivity index (χ2n) is 6.96. The number of hydrogen-bond acceptors (Lipinski definition) is 5. The van der Waals surface area contributed by atoms with Crippen molar-refractivity contribution in [2.24, 2.45) is 0 Å². The Bertz CT molecular complexity index is 935. The molecule has 2 saturated heterocycles. The zero-order chi connectivity index (χ0) is 19.8. The molecule has 0 aliphatic carbocycles. The maximum atomic E-state index is 13.0. The molecule has 2 heterocycles. The lowest BCUT2D eigenvalue weighted by Gasteiger charge is -2.34. The Labute approximate surface area is 160 Å². The molecule has 1 amide bonds. The van der Waals surface area contributed by atoms with Gasteiger partial charge in [-0.25, -0.2) is 16.8 Å². The lowest BCUT2D eigenvalue weighted by molar-refractivity contribution is -0.129. The second kappa shape index (κ2) is 7.40. The molecule has 1 aromatic rings. The summed E-state index contributed by atoms with van der Waals surface area (Å²) in [6, 6.07) is 4.68. The van der Waals surface area contributed by atoms with Gasteiger partial charge in [-0.3, -0.25) is 9.10 Å². The maximum Gasteiger partial charge on any atom is 0.243 e. The van der Waals surface area contributed by atoms with E-state index in [0.29, 0.717) is 37.3 Å². The maximum absolute atomic E-state index is 13.0. The highest BCUT2D eigenvalue weighted by molar-refractivity contribution is 7.92. The third-order valence-electron chi connectivity index (χ3n) is 5.10. The van der Waals surface area contributed by atoms with Crippen molar-refractivity contribution in [2.45, 2.75) is 31.6 Å². The molecule has 27 heavy (non-hydrogen) atoms. The lowest BCUT2D eigenvalue weighted by atomic mass is 10.2. The second-order valence-corrected chi connectivity index (χ2v) is 10.9. The van der Waals surface area contributed by atoms with Crippen molar-refractivity contribution in [1.82, 2.24) is 9.21 Å². The van der Waals surface area contributed by atoms with Gasteiger partial charge in [0.25, 0.3) is 0 Å². The Kier molecular flexibility index (Phi) is 5.51. The van der Waals surface area contributed by atoms with E-state index >= 15 is 0 Å². The summed E-state index contributed by atoms with van der Waals surface area (Å²) in [5.41, 5.74) is 1.02. The molecule has 1 aromatic carbocycles. The third kappa shape index (κ3) is 3.97. The molecule has 8 nitrogen and oxygen atoms in total. The van der Waals surface area contributed by atoms with E-state index in [0.717, 1.165) is 6.42 Å². The van der Waals surface area contributed by atoms with Crippen molar-refractivity contribution in [1.29, 1.82) is 0 Å². The average Bonchev–Trinajstić information content (AvgIpc) is 2.61. The van der Waals surface area contributed by atoms with E-state index in [4.69, 9.17) is 0 Å². The summed E-state index contributed by atoms with van der Waals surface area (Å²) in [4.78, 5) is 13.2. The van der Waals surface area contributed by atoms with Crippen LogP contribution in [0.5, 0.6) is 0 Å². The quantitative estimate of drug-likeness (QED) is 0.727. The number of rotatable bonds is 3. The lowest BCUT2D eigenvalue weighted by Crippen LogP contribution is -2.50. The van der Waals surface area contributed by atoms with Gasteiger partial charge in [-0.15, -0.1) is 0 Å². The highest BCUT2D eigenvalue weighted by Crippen LogP contribution is 2.29. The van der Waals surface area contributed by atoms with Gasteiger partial charge in [0.1, 0.15) is 0 Å². The monoisotopic (exact) mass is 415 g/mol. The van der Waals surface area contributed by atoms with Crippen LogP contribution in [0.15, 0.2) is 23.1 Å². The number of benzene rings is 1. The van der Waals surface area contributed by atoms with Crippen LogP contribution in [0.3, 0.4) is 0 Å². The van der Waals surface area contributed by atoms with Gasteiger partial charge in [0, 0.05) is 39.6 Å². The first-order valence-corrected chi connectivity index (χ1v) is 12.0. The summed E-state index contributed by atoms with van der Waals surface area (Å²) >= 11 is 0. The van der Waals surface area contributed by atoms with Crippen molar-refractivity contribution in [3.8, 4) is 0 Å². The zero-order valence-corrected chi connectivity index (χ0v) is 17.2. The topological polar surface area (TPSA) is 95.1 Å². The molecule has 0 atom stereocenters. The average molecular weight is 416 g/mol. The van der Waals surface area contributed by atoms with E-state index in [1.807, 2.05) is 0 Å². The van der Waals surface area contributed by atoms with E-state index in [9.17, 15) is 21.6 Å². The molecule has 2 aliphatic rings. The summed E-state index contributed by atoms with van der Waals surface area (Å²) in [6.45, 7) is 4.82. The molecule has 0 N–H and O–H groups in total. The van der Waals surface area contributed by atoms with Crippen molar-refractivity contribution in [3.05, 3.63) is 23.8 Å². The van der Waals surface area contributed by atoms with E-state index in [1.54, 1.807) is 24.0 Å². The molecule has 0 aromatic heterocycles. The number of amides is 1. The van der Waals surface area contributed by atoms with Crippen LogP contribution in [-0.2, 0) is 24.8 Å². The van der Waals surface area contributed by atoms with Gasteiger partial charge in [-0.1, -0.05) is 0 Å². The van der Waals surface area contributed by atoms with Crippen molar-refractivity contribution < 1.29 is 21.6 Å². The number of hydrogen-bond donors (Lipinski definition) is 0. The van der Waals surface area contributed by atoms with Gasteiger partial charge >= 0.3 is 0 Å². The van der Waals surface area contributed by atoms with E-state index < -0.39 is 20.0 Å². The number of anilines is 1. The van der Waals surface area contributed by atoms with Crippen LogP contribution in [0.4, 0.5) is 5.69 Å². The Morgan fingerprint density at radius 1 is 1.04 bits per heavy atom. The minimum absolute atomic E-state index is 0.0599. The fraction of sp³-hybridized carbons (Fsp3) is 0.588. The summed E-state index contributed by atoms with van der Waals surface area (Å²) in [5.74, 6) is 0.0577. The molecule has 150 valence electrons. The minimum atomic E-state index is -3.69. The normalized spacial score (nSPS) is 21.3. The SMILES string of the molecule is CC(=O)N1CCN(S(=O)(=O)c2ccc(N3CCCCS3(=O)=O)cc2C)CC1. The Hall–Kier alpha value is -1.65. The van der Waals surface area contributed by atoms with Crippen LogP contribution in [0.2, 0.25) is 0 Å². The molecule has 2 fully saturated rings. The van der Waals surface area contributed by atoms with Gasteiger partial charge in [0.05, 0.1) is 16.3 Å². The summed E-state index contributed by atoms with van der Waals surface area (Å²) < 4.78 is 53.3. The molecule has 10 heteroatoms. The minimum Gasteiger partial charge on any atom is -0.340 e. The zero-order valence-electron chi connectivity index (χ0n) is 15.6. The molecule has 0 radical (unpaired) electrons. The standard InChI is InChI=1S/C17H25N3O5S2/c1-14-13-16(20-7-3-4-12-26(20,22)23)5-6-17(14)27(24,25)19-10-8-18(9-11-19)15(2)21/h5-6,13H,3-4,7-12H2,1-2H3.